The van der Waals surface area contributed by atoms with Crippen molar-refractivity contribution in [2.24, 2.45) is 0 Å². The van der Waals surface area contributed by atoms with Crippen molar-refractivity contribution in [2.45, 2.75) is 37.7 Å². The summed E-state index contributed by atoms with van der Waals surface area (Å²) in [7, 11) is 1.39. The third-order valence-corrected chi connectivity index (χ3v) is 3.96. The maximum atomic E-state index is 13.1. The zero-order valence-electron chi connectivity index (χ0n) is 11.6. The fourth-order valence-corrected chi connectivity index (χ4v) is 2.08. The van der Waals surface area contributed by atoms with Crippen LogP contribution in [0.2, 0.25) is 0 Å². The second-order valence-corrected chi connectivity index (χ2v) is 7.09. The highest BCUT2D eigenvalue weighted by Gasteiger charge is 2.46. The van der Waals surface area contributed by atoms with Gasteiger partial charge >= 0.3 is 6.18 Å². The molecule has 0 aromatic carbocycles. The molecule has 2 atom stereocenters. The van der Waals surface area contributed by atoms with Gasteiger partial charge in [0.1, 0.15) is 10.5 Å². The highest BCUT2D eigenvalue weighted by atomic mass is 32.2. The van der Waals surface area contributed by atoms with E-state index < -0.39 is 28.3 Å². The van der Waals surface area contributed by atoms with E-state index in [2.05, 4.69) is 9.71 Å². The summed E-state index contributed by atoms with van der Waals surface area (Å²) in [4.78, 5) is 3.71. The predicted octanol–water partition coefficient (Wildman–Crippen LogP) is 2.75. The topological polar surface area (TPSA) is 57.2 Å². The van der Waals surface area contributed by atoms with Gasteiger partial charge in [0.05, 0.1) is 19.0 Å². The van der Waals surface area contributed by atoms with Gasteiger partial charge in [0, 0.05) is 11.4 Å². The Labute approximate surface area is 119 Å². The molecule has 0 saturated heterocycles. The highest BCUT2D eigenvalue weighted by Crippen LogP contribution is 2.34. The van der Waals surface area contributed by atoms with E-state index >= 15 is 0 Å². The number of aromatic nitrogens is 1. The van der Waals surface area contributed by atoms with Gasteiger partial charge in [-0.1, -0.05) is 0 Å². The van der Waals surface area contributed by atoms with Crippen molar-refractivity contribution in [3.8, 4) is 5.75 Å². The largest absolute Gasteiger partial charge is 0.598 e. The molecule has 4 nitrogen and oxygen atoms in total. The minimum Gasteiger partial charge on any atom is -0.598 e. The van der Waals surface area contributed by atoms with Gasteiger partial charge in [-0.05, 0) is 32.9 Å². The number of rotatable bonds is 4. The summed E-state index contributed by atoms with van der Waals surface area (Å²) in [6.07, 6.45) is -3.40. The number of nitrogens with one attached hydrogen (secondary N) is 1. The molecule has 1 aromatic heterocycles. The van der Waals surface area contributed by atoms with E-state index in [0.29, 0.717) is 5.75 Å². The van der Waals surface area contributed by atoms with Gasteiger partial charge < -0.3 is 9.29 Å². The van der Waals surface area contributed by atoms with E-state index in [1.165, 1.54) is 25.4 Å². The first-order valence-corrected chi connectivity index (χ1v) is 6.95. The lowest BCUT2D eigenvalue weighted by Gasteiger charge is -2.28. The lowest BCUT2D eigenvalue weighted by atomic mass is 10.2. The van der Waals surface area contributed by atoms with E-state index in [9.17, 15) is 17.7 Å². The quantitative estimate of drug-likeness (QED) is 0.869. The molecule has 114 valence electrons. The molecular weight excluding hydrogens is 293 g/mol. The molecule has 0 aliphatic rings. The van der Waals surface area contributed by atoms with Crippen LogP contribution in [-0.4, -0.2) is 27.6 Å². The average molecular weight is 310 g/mol. The summed E-state index contributed by atoms with van der Waals surface area (Å²) in [6, 6.07) is 0.487. The number of hydrogen-bond donors (Lipinski definition) is 1. The molecule has 1 N–H and O–H groups in total. The molecule has 0 saturated carbocycles. The van der Waals surface area contributed by atoms with Crippen LogP contribution in [-0.2, 0) is 11.4 Å². The standard InChI is InChI=1S/C12H17F3N2O2S/c1-11(2,3)20(18)17-10(12(13,14)15)9-6-5-8(19-4)7-16-9/h5-7,10,17H,1-4H3/t10-,20?/m1/s1. The maximum absolute atomic E-state index is 13.1. The molecule has 1 aromatic rings. The Bertz CT molecular complexity index is 432. The molecule has 0 amide bonds. The second kappa shape index (κ2) is 6.19. The molecule has 0 aliphatic carbocycles. The number of halogens is 3. The molecule has 1 heterocycles. The van der Waals surface area contributed by atoms with Gasteiger partial charge in [-0.2, -0.15) is 13.2 Å². The Morgan fingerprint density at radius 2 is 1.90 bits per heavy atom. The molecular formula is C12H17F3N2O2S. The van der Waals surface area contributed by atoms with Gasteiger partial charge in [-0.25, -0.2) is 0 Å². The van der Waals surface area contributed by atoms with Gasteiger partial charge in [-0.3, -0.25) is 4.98 Å². The van der Waals surface area contributed by atoms with Crippen LogP contribution in [0.25, 0.3) is 0 Å². The zero-order chi connectivity index (χ0) is 15.6. The third kappa shape index (κ3) is 4.53. The molecule has 0 bridgehead atoms. The molecule has 0 radical (unpaired) electrons. The van der Waals surface area contributed by atoms with Crippen molar-refractivity contribution < 1.29 is 22.5 Å². The molecule has 0 fully saturated rings. The van der Waals surface area contributed by atoms with Crippen molar-refractivity contribution >= 4 is 11.4 Å². The smallest absolute Gasteiger partial charge is 0.413 e. The van der Waals surface area contributed by atoms with E-state index in [1.54, 1.807) is 20.8 Å². The third-order valence-electron chi connectivity index (χ3n) is 2.40. The fourth-order valence-electron chi connectivity index (χ4n) is 1.26. The summed E-state index contributed by atoms with van der Waals surface area (Å²) in [5.74, 6) is 0.353. The van der Waals surface area contributed by atoms with Gasteiger partial charge in [0.2, 0.25) is 0 Å². The fraction of sp³-hybridized carbons (Fsp3) is 0.583. The molecule has 0 spiro atoms. The number of ether oxygens (including phenoxy) is 1. The first-order chi connectivity index (χ1) is 9.05. The summed E-state index contributed by atoms with van der Waals surface area (Å²) in [5.41, 5.74) is -0.254. The number of alkyl halides is 3. The summed E-state index contributed by atoms with van der Waals surface area (Å²) in [5, 5.41) is 0. The van der Waals surface area contributed by atoms with Crippen LogP contribution in [0.3, 0.4) is 0 Å². The Morgan fingerprint density at radius 1 is 1.30 bits per heavy atom. The van der Waals surface area contributed by atoms with Crippen molar-refractivity contribution in [1.29, 1.82) is 0 Å². The summed E-state index contributed by atoms with van der Waals surface area (Å²) >= 11 is -1.86. The molecule has 1 rings (SSSR count). The van der Waals surface area contributed by atoms with E-state index in [4.69, 9.17) is 4.74 Å². The molecule has 1 unspecified atom stereocenters. The highest BCUT2D eigenvalue weighted by molar-refractivity contribution is 7.90. The van der Waals surface area contributed by atoms with Crippen molar-refractivity contribution in [3.05, 3.63) is 24.0 Å². The Morgan fingerprint density at radius 3 is 2.25 bits per heavy atom. The normalized spacial score (nSPS) is 15.8. The molecule has 8 heteroatoms. The van der Waals surface area contributed by atoms with Crippen LogP contribution < -0.4 is 9.46 Å². The lowest BCUT2D eigenvalue weighted by molar-refractivity contribution is -0.153. The van der Waals surface area contributed by atoms with Gasteiger partial charge in [0.25, 0.3) is 0 Å². The maximum Gasteiger partial charge on any atom is 0.413 e. The Hall–Kier alpha value is -0.990. The minimum absolute atomic E-state index is 0.254. The number of hydrogen-bond acceptors (Lipinski definition) is 4. The number of nitrogens with zero attached hydrogens (tertiary/aromatic N) is 1. The first kappa shape index (κ1) is 17.1. The molecule has 20 heavy (non-hydrogen) atoms. The second-order valence-electron chi connectivity index (χ2n) is 5.10. The lowest BCUT2D eigenvalue weighted by Crippen LogP contribution is -2.45. The van der Waals surface area contributed by atoms with Crippen LogP contribution in [0.15, 0.2) is 18.3 Å². The molecule has 0 aliphatic heterocycles. The van der Waals surface area contributed by atoms with Crippen molar-refractivity contribution in [1.82, 2.24) is 9.71 Å². The Kier molecular flexibility index (Phi) is 5.28. The van der Waals surface area contributed by atoms with Crippen LogP contribution >= 0.6 is 0 Å². The van der Waals surface area contributed by atoms with E-state index in [-0.39, 0.29) is 5.69 Å². The van der Waals surface area contributed by atoms with E-state index in [0.717, 1.165) is 0 Å². The van der Waals surface area contributed by atoms with Crippen LogP contribution in [0.1, 0.15) is 32.5 Å². The summed E-state index contributed by atoms with van der Waals surface area (Å²) in [6.45, 7) is 4.76. The van der Waals surface area contributed by atoms with Crippen molar-refractivity contribution in [2.75, 3.05) is 7.11 Å². The predicted molar refractivity (Wildman–Crippen MR) is 70.6 cm³/mol. The van der Waals surface area contributed by atoms with Gasteiger partial charge in [0.15, 0.2) is 6.04 Å². The number of methoxy groups -OCH3 is 1. The average Bonchev–Trinajstić information content (AvgIpc) is 2.33. The first-order valence-electron chi connectivity index (χ1n) is 5.80. The van der Waals surface area contributed by atoms with Crippen LogP contribution in [0, 0.1) is 0 Å². The minimum atomic E-state index is -4.59. The van der Waals surface area contributed by atoms with E-state index in [1.807, 2.05) is 0 Å². The number of pyridine rings is 1. The van der Waals surface area contributed by atoms with Crippen LogP contribution in [0.5, 0.6) is 5.75 Å². The Balaban J connectivity index is 3.01. The SMILES string of the molecule is COc1ccc([C@@H](N[S+]([O-])C(C)(C)C)C(F)(F)F)nc1. The zero-order valence-corrected chi connectivity index (χ0v) is 12.4. The van der Waals surface area contributed by atoms with Crippen molar-refractivity contribution in [3.63, 3.8) is 0 Å². The summed E-state index contributed by atoms with van der Waals surface area (Å²) < 4.78 is 57.2. The monoisotopic (exact) mass is 310 g/mol. The van der Waals surface area contributed by atoms with Gasteiger partial charge in [-0.15, -0.1) is 4.72 Å². The van der Waals surface area contributed by atoms with Crippen LogP contribution in [0.4, 0.5) is 13.2 Å².